The number of alkyl halides is 3. The molecule has 6 rings (SSSR count). The molecular formula is C29H37ClF3N3O3. The number of carbonyl (C=O) groups is 1. The Kier molecular flexibility index (Phi) is 6.63. The van der Waals surface area contributed by atoms with Crippen molar-refractivity contribution in [3.05, 3.63) is 23.2 Å². The third kappa shape index (κ3) is 4.16. The SMILES string of the molecule is COC[C@]12CC[C@](O)(C(F)(F)F)C[C@H]1CC[C@H]1[C@@H]3CC[C@H](C(=O)Cn4nnc5cc(Cl)ccc54)[C@@]3(C)CC[C@@H]12. The van der Waals surface area contributed by atoms with Crippen LogP contribution in [0.25, 0.3) is 11.0 Å². The van der Waals surface area contributed by atoms with Crippen molar-refractivity contribution in [1.82, 2.24) is 15.0 Å². The summed E-state index contributed by atoms with van der Waals surface area (Å²) < 4.78 is 48.7. The molecule has 1 aromatic heterocycles. The van der Waals surface area contributed by atoms with Crippen LogP contribution < -0.4 is 0 Å². The number of Topliss-reactive ketones (excluding diaryl/α,β-unsaturated/α-hetero) is 1. The number of hydrogen-bond acceptors (Lipinski definition) is 5. The normalized spacial score (nSPS) is 40.2. The van der Waals surface area contributed by atoms with Crippen LogP contribution >= 0.6 is 11.6 Å². The summed E-state index contributed by atoms with van der Waals surface area (Å²) in [7, 11) is 1.64. The topological polar surface area (TPSA) is 77.2 Å². The first-order chi connectivity index (χ1) is 18.4. The molecule has 8 atom stereocenters. The van der Waals surface area contributed by atoms with Crippen LogP contribution in [0.5, 0.6) is 0 Å². The van der Waals surface area contributed by atoms with E-state index in [1.807, 2.05) is 6.07 Å². The monoisotopic (exact) mass is 567 g/mol. The van der Waals surface area contributed by atoms with Crippen LogP contribution in [0.1, 0.15) is 64.7 Å². The Labute approximate surface area is 231 Å². The first kappa shape index (κ1) is 27.5. The predicted octanol–water partition coefficient (Wildman–Crippen LogP) is 6.23. The van der Waals surface area contributed by atoms with E-state index in [-0.39, 0.29) is 53.8 Å². The largest absolute Gasteiger partial charge is 0.417 e. The highest BCUT2D eigenvalue weighted by Crippen LogP contribution is 2.69. The molecule has 0 bridgehead atoms. The second kappa shape index (κ2) is 9.41. The molecule has 0 unspecified atom stereocenters. The number of carbonyl (C=O) groups excluding carboxylic acids is 1. The van der Waals surface area contributed by atoms with Gasteiger partial charge >= 0.3 is 6.18 Å². The van der Waals surface area contributed by atoms with E-state index < -0.39 is 11.8 Å². The van der Waals surface area contributed by atoms with Gasteiger partial charge in [-0.15, -0.1) is 5.10 Å². The Morgan fingerprint density at radius 3 is 2.69 bits per heavy atom. The van der Waals surface area contributed by atoms with Crippen molar-refractivity contribution in [2.75, 3.05) is 13.7 Å². The summed E-state index contributed by atoms with van der Waals surface area (Å²) >= 11 is 6.08. The minimum Gasteiger partial charge on any atom is -0.384 e. The van der Waals surface area contributed by atoms with Crippen LogP contribution in [-0.2, 0) is 16.1 Å². The molecule has 0 amide bonds. The second-order valence-corrected chi connectivity index (χ2v) is 13.5. The van der Waals surface area contributed by atoms with Gasteiger partial charge in [-0.2, -0.15) is 13.2 Å². The zero-order valence-electron chi connectivity index (χ0n) is 22.5. The molecular weight excluding hydrogens is 531 g/mol. The van der Waals surface area contributed by atoms with Gasteiger partial charge in [0.25, 0.3) is 0 Å². The third-order valence-corrected chi connectivity index (χ3v) is 11.8. The lowest BCUT2D eigenvalue weighted by molar-refractivity contribution is -0.294. The predicted molar refractivity (Wildman–Crippen MR) is 140 cm³/mol. The fraction of sp³-hybridized carbons (Fsp3) is 0.759. The summed E-state index contributed by atoms with van der Waals surface area (Å²) in [4.78, 5) is 13.7. The van der Waals surface area contributed by atoms with Gasteiger partial charge in [0.05, 0.1) is 12.1 Å². The number of ether oxygens (including phenoxy) is 1. The molecule has 1 heterocycles. The van der Waals surface area contributed by atoms with Crippen LogP contribution in [0.3, 0.4) is 0 Å². The number of methoxy groups -OCH3 is 1. The molecule has 39 heavy (non-hydrogen) atoms. The Morgan fingerprint density at radius 2 is 1.95 bits per heavy atom. The van der Waals surface area contributed by atoms with E-state index in [0.717, 1.165) is 37.6 Å². The molecule has 6 nitrogen and oxygen atoms in total. The lowest BCUT2D eigenvalue weighted by Gasteiger charge is -2.62. The van der Waals surface area contributed by atoms with Crippen molar-refractivity contribution in [1.29, 1.82) is 0 Å². The molecule has 4 aliphatic rings. The molecule has 0 spiro atoms. The van der Waals surface area contributed by atoms with E-state index in [0.29, 0.717) is 41.8 Å². The van der Waals surface area contributed by atoms with Gasteiger partial charge in [0.1, 0.15) is 12.1 Å². The molecule has 10 heteroatoms. The molecule has 214 valence electrons. The van der Waals surface area contributed by atoms with Crippen LogP contribution in [0.2, 0.25) is 5.02 Å². The Morgan fingerprint density at radius 1 is 1.15 bits per heavy atom. The molecule has 2 aromatic rings. The Bertz CT molecular complexity index is 1270. The minimum absolute atomic E-state index is 0.0761. The maximum absolute atomic E-state index is 13.8. The van der Waals surface area contributed by atoms with E-state index in [1.54, 1.807) is 23.9 Å². The van der Waals surface area contributed by atoms with Gasteiger partial charge in [-0.05, 0) is 110 Å². The quantitative estimate of drug-likeness (QED) is 0.463. The van der Waals surface area contributed by atoms with E-state index in [2.05, 4.69) is 17.2 Å². The molecule has 4 fully saturated rings. The lowest BCUT2D eigenvalue weighted by Crippen LogP contribution is -2.61. The lowest BCUT2D eigenvalue weighted by atomic mass is 9.43. The first-order valence-electron chi connectivity index (χ1n) is 14.2. The average molecular weight is 568 g/mol. The van der Waals surface area contributed by atoms with Crippen LogP contribution in [0.15, 0.2) is 18.2 Å². The van der Waals surface area contributed by atoms with Gasteiger partial charge in [0, 0.05) is 18.1 Å². The molecule has 0 radical (unpaired) electrons. The highest BCUT2D eigenvalue weighted by Gasteiger charge is 2.66. The average Bonchev–Trinajstić information content (AvgIpc) is 3.43. The minimum atomic E-state index is -4.62. The number of halogens is 4. The van der Waals surface area contributed by atoms with E-state index in [9.17, 15) is 23.1 Å². The second-order valence-electron chi connectivity index (χ2n) is 13.1. The van der Waals surface area contributed by atoms with Gasteiger partial charge in [0.2, 0.25) is 0 Å². The fourth-order valence-corrected chi connectivity index (χ4v) is 9.87. The van der Waals surface area contributed by atoms with Gasteiger partial charge in [-0.3, -0.25) is 4.79 Å². The summed E-state index contributed by atoms with van der Waals surface area (Å²) in [6.45, 7) is 2.87. The number of aliphatic hydroxyl groups is 1. The molecule has 1 aromatic carbocycles. The molecule has 0 saturated heterocycles. The van der Waals surface area contributed by atoms with Crippen LogP contribution in [-0.4, -0.2) is 51.4 Å². The van der Waals surface area contributed by atoms with Crippen molar-refractivity contribution in [3.63, 3.8) is 0 Å². The summed E-state index contributed by atoms with van der Waals surface area (Å²) in [5, 5.41) is 19.5. The highest BCUT2D eigenvalue weighted by molar-refractivity contribution is 6.31. The van der Waals surface area contributed by atoms with Gasteiger partial charge in [-0.1, -0.05) is 23.7 Å². The maximum Gasteiger partial charge on any atom is 0.417 e. The van der Waals surface area contributed by atoms with Crippen molar-refractivity contribution in [3.8, 4) is 0 Å². The fourth-order valence-electron chi connectivity index (χ4n) is 9.70. The smallest absolute Gasteiger partial charge is 0.384 e. The van der Waals surface area contributed by atoms with Gasteiger partial charge in [0.15, 0.2) is 11.4 Å². The van der Waals surface area contributed by atoms with Crippen molar-refractivity contribution in [2.24, 2.45) is 40.4 Å². The summed E-state index contributed by atoms with van der Waals surface area (Å²) in [5.74, 6) is 0.858. The molecule has 1 N–H and O–H groups in total. The molecule has 0 aliphatic heterocycles. The van der Waals surface area contributed by atoms with Crippen molar-refractivity contribution >= 4 is 28.4 Å². The van der Waals surface area contributed by atoms with Crippen LogP contribution in [0, 0.1) is 40.4 Å². The van der Waals surface area contributed by atoms with E-state index in [4.69, 9.17) is 16.3 Å². The first-order valence-corrected chi connectivity index (χ1v) is 14.6. The van der Waals surface area contributed by atoms with E-state index >= 15 is 0 Å². The zero-order chi connectivity index (χ0) is 27.8. The molecule has 4 aliphatic carbocycles. The number of nitrogens with zero attached hydrogens (tertiary/aromatic N) is 3. The van der Waals surface area contributed by atoms with Crippen LogP contribution in [0.4, 0.5) is 13.2 Å². The zero-order valence-corrected chi connectivity index (χ0v) is 23.3. The van der Waals surface area contributed by atoms with Crippen molar-refractivity contribution in [2.45, 2.75) is 83.0 Å². The summed E-state index contributed by atoms with van der Waals surface area (Å²) in [6, 6.07) is 5.36. The number of ketones is 1. The highest BCUT2D eigenvalue weighted by atomic mass is 35.5. The van der Waals surface area contributed by atoms with Gasteiger partial charge < -0.3 is 9.84 Å². The Balaban J connectivity index is 1.23. The number of fused-ring (bicyclic) bond motifs is 6. The maximum atomic E-state index is 13.8. The standard InChI is InChI=1S/C29H37ClF3N3O3/c1-26-10-9-21-19(5-3-17-14-28(38,29(31,32)33)12-11-27(17,21)16-39-2)20(26)6-7-22(26)25(37)15-36-24-8-4-18(30)13-23(24)34-35-36/h4,8,13,17,19-22,38H,3,5-7,9-12,14-16H2,1-2H3/t17-,19+,20+,21+,22-,26+,27-,28-/m1/s1. The third-order valence-electron chi connectivity index (χ3n) is 11.5. The van der Waals surface area contributed by atoms with Crippen molar-refractivity contribution < 1.29 is 27.8 Å². The van der Waals surface area contributed by atoms with Gasteiger partial charge in [-0.25, -0.2) is 4.68 Å². The van der Waals surface area contributed by atoms with E-state index in [1.165, 1.54) is 0 Å². The number of benzene rings is 1. The Hall–Kier alpha value is -1.71. The number of aromatic nitrogens is 3. The summed E-state index contributed by atoms with van der Waals surface area (Å²) in [6.07, 6.45) is 0.293. The number of rotatable bonds is 5. The molecule has 4 saturated carbocycles. The summed E-state index contributed by atoms with van der Waals surface area (Å²) in [5.41, 5.74) is -1.64. The number of hydrogen-bond donors (Lipinski definition) is 1.